The average molecular weight is 545 g/mol. The highest BCUT2D eigenvalue weighted by molar-refractivity contribution is 8.42. The highest BCUT2D eigenvalue weighted by Gasteiger charge is 2.38. The number of amidine groups is 2. The maximum absolute atomic E-state index is 12.6. The molecule has 2 aromatic rings. The van der Waals surface area contributed by atoms with Gasteiger partial charge in [-0.05, 0) is 47.7 Å². The lowest BCUT2D eigenvalue weighted by Crippen LogP contribution is -2.35. The van der Waals surface area contributed by atoms with E-state index in [4.69, 9.17) is 24.4 Å². The number of carbonyl (C=O) groups is 1. The molecule has 0 saturated heterocycles. The maximum atomic E-state index is 12.6. The molecule has 2 aliphatic rings. The third-order valence-electron chi connectivity index (χ3n) is 5.12. The summed E-state index contributed by atoms with van der Waals surface area (Å²) in [6.45, 7) is 0.803. The summed E-state index contributed by atoms with van der Waals surface area (Å²) in [7, 11) is -0.518. The molecule has 2 heterocycles. The lowest BCUT2D eigenvalue weighted by molar-refractivity contribution is -0.114. The summed E-state index contributed by atoms with van der Waals surface area (Å²) in [6, 6.07) is 12.5. The molecule has 0 radical (unpaired) electrons. The Kier molecular flexibility index (Phi) is 7.83. The number of hydrogen-bond donors (Lipinski definition) is 1. The summed E-state index contributed by atoms with van der Waals surface area (Å²) >= 11 is 0.734. The molecule has 0 spiro atoms. The minimum absolute atomic E-state index is 0.0311. The number of aliphatic imine (C=N–C) groups is 1. The van der Waals surface area contributed by atoms with Gasteiger partial charge in [-0.1, -0.05) is 18.2 Å². The van der Waals surface area contributed by atoms with Gasteiger partial charge >= 0.3 is 0 Å². The van der Waals surface area contributed by atoms with E-state index in [2.05, 4.69) is 10.1 Å². The van der Waals surface area contributed by atoms with Crippen molar-refractivity contribution in [2.45, 2.75) is 6.42 Å². The first-order valence-electron chi connectivity index (χ1n) is 11.0. The summed E-state index contributed by atoms with van der Waals surface area (Å²) in [4.78, 5) is 16.5. The van der Waals surface area contributed by atoms with Crippen LogP contribution in [0.1, 0.15) is 12.0 Å². The molecule has 37 heavy (non-hydrogen) atoms. The summed E-state index contributed by atoms with van der Waals surface area (Å²) in [6.07, 6.45) is 3.09. The van der Waals surface area contributed by atoms with Crippen LogP contribution in [-0.2, 0) is 14.6 Å². The molecule has 1 N–H and O–H groups in total. The standard InChI is InChI=1S/C24H24N4O7S2/c1-32-17-7-4-5-8-18(17)34-11-6-12-35-19-10-9-15(14-20(19)33-2)13-16-21(25)28-23(26-22(16)29)36-24(27-28)37(3,30)31/h4-5,7-10,13-14,25H,6,11-12H2,1-3H3/b16-13-,25-21?. The number of sulfone groups is 1. The van der Waals surface area contributed by atoms with E-state index < -0.39 is 15.7 Å². The number of para-hydroxylation sites is 2. The lowest BCUT2D eigenvalue weighted by Gasteiger charge is -2.20. The first-order valence-corrected chi connectivity index (χ1v) is 13.7. The Labute approximate surface area is 218 Å². The number of nitrogens with zero attached hydrogens (tertiary/aromatic N) is 3. The predicted octanol–water partition coefficient (Wildman–Crippen LogP) is 3.17. The van der Waals surface area contributed by atoms with Gasteiger partial charge in [0.05, 0.1) is 33.0 Å². The number of rotatable bonds is 9. The molecule has 2 aliphatic heterocycles. The molecule has 1 amide bonds. The Balaban J connectivity index is 1.41. The second kappa shape index (κ2) is 11.0. The molecule has 0 aliphatic carbocycles. The van der Waals surface area contributed by atoms with Crippen LogP contribution < -0.4 is 18.9 Å². The molecule has 4 rings (SSSR count). The molecule has 0 atom stereocenters. The minimum Gasteiger partial charge on any atom is -0.493 e. The van der Waals surface area contributed by atoms with E-state index in [0.29, 0.717) is 48.2 Å². The summed E-state index contributed by atoms with van der Waals surface area (Å²) < 4.78 is 45.7. The number of thioether (sulfide) groups is 1. The quantitative estimate of drug-likeness (QED) is 0.372. The maximum Gasteiger partial charge on any atom is 0.283 e. The van der Waals surface area contributed by atoms with Crippen LogP contribution in [0.3, 0.4) is 0 Å². The number of ether oxygens (including phenoxy) is 4. The molecule has 2 aromatic carbocycles. The second-order valence-corrected chi connectivity index (χ2v) is 10.9. The SMILES string of the molecule is COc1ccccc1OCCCOc1ccc(/C=C2/C(=N)N3N=C(S(C)(=O)=O)SC3=NC2=O)cc1OC. The van der Waals surface area contributed by atoms with Crippen molar-refractivity contribution in [3.05, 3.63) is 53.6 Å². The van der Waals surface area contributed by atoms with E-state index in [1.54, 1.807) is 25.3 Å². The van der Waals surface area contributed by atoms with Gasteiger partial charge in [0.25, 0.3) is 5.91 Å². The Morgan fingerprint density at radius 1 is 1.00 bits per heavy atom. The van der Waals surface area contributed by atoms with Crippen molar-refractivity contribution in [3.63, 3.8) is 0 Å². The van der Waals surface area contributed by atoms with E-state index in [-0.39, 0.29) is 21.0 Å². The largest absolute Gasteiger partial charge is 0.493 e. The normalized spacial score (nSPS) is 16.3. The monoisotopic (exact) mass is 544 g/mol. The molecule has 0 aromatic heterocycles. The average Bonchev–Trinajstić information content (AvgIpc) is 3.32. The summed E-state index contributed by atoms with van der Waals surface area (Å²) in [5.41, 5.74) is 0.529. The minimum atomic E-state index is -3.60. The number of carbonyl (C=O) groups excluding carboxylic acids is 1. The van der Waals surface area contributed by atoms with Crippen LogP contribution in [-0.4, -0.2) is 68.4 Å². The fourth-order valence-electron chi connectivity index (χ4n) is 3.35. The van der Waals surface area contributed by atoms with Crippen LogP contribution in [0.25, 0.3) is 6.08 Å². The van der Waals surface area contributed by atoms with Crippen LogP contribution in [0.2, 0.25) is 0 Å². The highest BCUT2D eigenvalue weighted by Crippen LogP contribution is 2.32. The number of benzene rings is 2. The number of hydrazone groups is 1. The van der Waals surface area contributed by atoms with Crippen LogP contribution in [0.15, 0.2) is 58.1 Å². The van der Waals surface area contributed by atoms with Gasteiger partial charge < -0.3 is 18.9 Å². The smallest absolute Gasteiger partial charge is 0.283 e. The number of nitrogens with one attached hydrogen (secondary N) is 1. The van der Waals surface area contributed by atoms with Gasteiger partial charge in [0.15, 0.2) is 28.8 Å². The Hall–Kier alpha value is -3.84. The van der Waals surface area contributed by atoms with Crippen molar-refractivity contribution < 1.29 is 32.2 Å². The third-order valence-corrected chi connectivity index (χ3v) is 7.70. The van der Waals surface area contributed by atoms with Gasteiger partial charge in [0.2, 0.25) is 19.4 Å². The fraction of sp³-hybridized carbons (Fsp3) is 0.250. The number of amides is 1. The van der Waals surface area contributed by atoms with Crippen molar-refractivity contribution in [1.82, 2.24) is 5.01 Å². The topological polar surface area (TPSA) is 140 Å². The van der Waals surface area contributed by atoms with Crippen LogP contribution >= 0.6 is 11.8 Å². The van der Waals surface area contributed by atoms with Crippen LogP contribution in [0.4, 0.5) is 0 Å². The molecule has 0 fully saturated rings. The Bertz CT molecular complexity index is 1430. The molecule has 0 saturated carbocycles. The molecule has 13 heteroatoms. The van der Waals surface area contributed by atoms with Gasteiger partial charge in [-0.3, -0.25) is 10.2 Å². The van der Waals surface area contributed by atoms with Gasteiger partial charge in [-0.25, -0.2) is 8.42 Å². The van der Waals surface area contributed by atoms with Crippen LogP contribution in [0.5, 0.6) is 23.0 Å². The predicted molar refractivity (Wildman–Crippen MR) is 141 cm³/mol. The highest BCUT2D eigenvalue weighted by atomic mass is 32.3. The Morgan fingerprint density at radius 2 is 1.65 bits per heavy atom. The molecule has 11 nitrogen and oxygen atoms in total. The van der Waals surface area contributed by atoms with Crippen LogP contribution in [0, 0.1) is 5.41 Å². The van der Waals surface area contributed by atoms with Crippen molar-refractivity contribution >= 4 is 49.0 Å². The van der Waals surface area contributed by atoms with E-state index in [1.807, 2.05) is 24.3 Å². The zero-order chi connectivity index (χ0) is 26.6. The summed E-state index contributed by atoms with van der Waals surface area (Å²) in [5.74, 6) is 1.33. The van der Waals surface area contributed by atoms with Gasteiger partial charge in [0.1, 0.15) is 0 Å². The first-order chi connectivity index (χ1) is 17.7. The van der Waals surface area contributed by atoms with Crippen molar-refractivity contribution in [1.29, 1.82) is 5.41 Å². The molecule has 0 bridgehead atoms. The van der Waals surface area contributed by atoms with Crippen molar-refractivity contribution in [2.24, 2.45) is 10.1 Å². The molecule has 0 unspecified atom stereocenters. The van der Waals surface area contributed by atoms with Gasteiger partial charge in [-0.15, -0.1) is 5.10 Å². The third kappa shape index (κ3) is 5.94. The molecular weight excluding hydrogens is 520 g/mol. The lowest BCUT2D eigenvalue weighted by atomic mass is 10.1. The summed E-state index contributed by atoms with van der Waals surface area (Å²) in [5, 5.41) is 13.4. The number of methoxy groups -OCH3 is 2. The fourth-order valence-corrected chi connectivity index (χ4v) is 5.03. The number of fused-ring (bicyclic) bond motifs is 1. The van der Waals surface area contributed by atoms with Gasteiger partial charge in [-0.2, -0.15) is 10.0 Å². The van der Waals surface area contributed by atoms with Gasteiger partial charge in [0, 0.05) is 12.7 Å². The Morgan fingerprint density at radius 3 is 2.30 bits per heavy atom. The second-order valence-electron chi connectivity index (χ2n) is 7.77. The van der Waals surface area contributed by atoms with Crippen molar-refractivity contribution in [3.8, 4) is 23.0 Å². The molecule has 194 valence electrons. The zero-order valence-corrected chi connectivity index (χ0v) is 21.9. The van der Waals surface area contributed by atoms with E-state index in [1.165, 1.54) is 13.2 Å². The molecular formula is C24H24N4O7S2. The van der Waals surface area contributed by atoms with Crippen molar-refractivity contribution in [2.75, 3.05) is 33.7 Å². The van der Waals surface area contributed by atoms with E-state index >= 15 is 0 Å². The van der Waals surface area contributed by atoms with E-state index in [0.717, 1.165) is 23.0 Å². The number of hydrogen-bond acceptors (Lipinski definition) is 10. The van der Waals surface area contributed by atoms with E-state index in [9.17, 15) is 13.2 Å². The first kappa shape index (κ1) is 26.2. The zero-order valence-electron chi connectivity index (χ0n) is 20.3.